The minimum atomic E-state index is -1.04. The lowest BCUT2D eigenvalue weighted by molar-refractivity contribution is 0.0697. The zero-order valence-electron chi connectivity index (χ0n) is 7.12. The van der Waals surface area contributed by atoms with Gasteiger partial charge in [-0.3, -0.25) is 0 Å². The molecule has 0 aliphatic heterocycles. The maximum atomic E-state index is 10.6. The van der Waals surface area contributed by atoms with E-state index in [1.807, 2.05) is 0 Å². The zero-order chi connectivity index (χ0) is 10.6. The van der Waals surface area contributed by atoms with Gasteiger partial charge >= 0.3 is 5.97 Å². The molecule has 0 saturated carbocycles. The highest BCUT2D eigenvalue weighted by Gasteiger charge is 2.07. The Bertz CT molecular complexity index is 418. The first-order valence-corrected chi connectivity index (χ1v) is 4.78. The number of carboxylic acids is 1. The number of aromatic carboxylic acids is 1. The Balaban J connectivity index is 3.06. The number of carbonyl (C=O) groups is 1. The van der Waals surface area contributed by atoms with Crippen molar-refractivity contribution in [2.24, 2.45) is 0 Å². The van der Waals surface area contributed by atoms with E-state index < -0.39 is 5.97 Å². The lowest BCUT2D eigenvalue weighted by atomic mass is 10.1. The van der Waals surface area contributed by atoms with Gasteiger partial charge in [-0.1, -0.05) is 23.4 Å². The molecular weight excluding hydrogens is 220 g/mol. The number of rotatable bonds is 1. The third kappa shape index (κ3) is 2.69. The first-order chi connectivity index (χ1) is 6.65. The summed E-state index contributed by atoms with van der Waals surface area (Å²) in [5.74, 6) is 4.96. The molecule has 0 atom stereocenters. The van der Waals surface area contributed by atoms with Crippen LogP contribution >= 0.6 is 24.2 Å². The van der Waals surface area contributed by atoms with Crippen molar-refractivity contribution in [3.05, 3.63) is 34.3 Å². The molecule has 1 rings (SSSR count). The minimum absolute atomic E-state index is 0.0862. The quantitative estimate of drug-likeness (QED) is 0.570. The number of hydrogen-bond acceptors (Lipinski definition) is 2. The highest BCUT2D eigenvalue weighted by molar-refractivity contribution is 7.80. The van der Waals surface area contributed by atoms with Crippen LogP contribution in [0.5, 0.6) is 0 Å². The smallest absolute Gasteiger partial charge is 0.337 e. The average Bonchev–Trinajstić information content (AvgIpc) is 2.14. The highest BCUT2D eigenvalue weighted by atomic mass is 35.5. The molecular formula is C10H7ClO2S. The molecule has 4 heteroatoms. The molecule has 2 nitrogen and oxygen atoms in total. The summed E-state index contributed by atoms with van der Waals surface area (Å²) < 4.78 is 0. The van der Waals surface area contributed by atoms with E-state index >= 15 is 0 Å². The van der Waals surface area contributed by atoms with Crippen LogP contribution in [0.3, 0.4) is 0 Å². The molecule has 0 radical (unpaired) electrons. The largest absolute Gasteiger partial charge is 0.478 e. The molecule has 0 fully saturated rings. The molecule has 1 N–H and O–H groups in total. The van der Waals surface area contributed by atoms with Crippen molar-refractivity contribution >= 4 is 30.2 Å². The van der Waals surface area contributed by atoms with Crippen molar-refractivity contribution in [2.75, 3.05) is 5.75 Å². The number of benzene rings is 1. The fourth-order valence-electron chi connectivity index (χ4n) is 0.908. The molecule has 1 aromatic carbocycles. The van der Waals surface area contributed by atoms with Gasteiger partial charge in [0.1, 0.15) is 0 Å². The number of halogens is 1. The number of carboxylic acid groups (broad SMARTS) is 1. The molecule has 0 aliphatic carbocycles. The molecule has 0 saturated heterocycles. The van der Waals surface area contributed by atoms with Gasteiger partial charge < -0.3 is 5.11 Å². The van der Waals surface area contributed by atoms with Gasteiger partial charge in [-0.15, -0.1) is 0 Å². The number of hydrogen-bond donors (Lipinski definition) is 2. The highest BCUT2D eigenvalue weighted by Crippen LogP contribution is 2.17. The molecule has 0 aromatic heterocycles. The molecule has 0 heterocycles. The van der Waals surface area contributed by atoms with Crippen LogP contribution in [-0.2, 0) is 0 Å². The normalized spacial score (nSPS) is 9.00. The van der Waals surface area contributed by atoms with Gasteiger partial charge in [0.25, 0.3) is 0 Å². The summed E-state index contributed by atoms with van der Waals surface area (Å²) >= 11 is 9.66. The van der Waals surface area contributed by atoms with Crippen LogP contribution in [-0.4, -0.2) is 16.8 Å². The molecule has 1 aromatic rings. The van der Waals surface area contributed by atoms with Crippen LogP contribution in [0.1, 0.15) is 15.9 Å². The Labute approximate surface area is 92.3 Å². The van der Waals surface area contributed by atoms with Gasteiger partial charge in [-0.05, 0) is 18.2 Å². The Hall–Kier alpha value is -1.11. The first-order valence-electron chi connectivity index (χ1n) is 3.77. The fraction of sp³-hybridized carbons (Fsp3) is 0.100. The van der Waals surface area contributed by atoms with E-state index in [9.17, 15) is 4.79 Å². The molecule has 0 bridgehead atoms. The van der Waals surface area contributed by atoms with Gasteiger partial charge in [0.2, 0.25) is 0 Å². The predicted molar refractivity (Wildman–Crippen MR) is 59.1 cm³/mol. The van der Waals surface area contributed by atoms with Crippen molar-refractivity contribution in [3.8, 4) is 11.8 Å². The minimum Gasteiger partial charge on any atom is -0.478 e. The van der Waals surface area contributed by atoms with Crippen LogP contribution in [0.15, 0.2) is 18.2 Å². The Kier molecular flexibility index (Phi) is 3.87. The summed E-state index contributed by atoms with van der Waals surface area (Å²) in [7, 11) is 0. The van der Waals surface area contributed by atoms with E-state index in [0.29, 0.717) is 11.3 Å². The molecule has 0 unspecified atom stereocenters. The summed E-state index contributed by atoms with van der Waals surface area (Å²) in [5, 5.41) is 8.90. The van der Waals surface area contributed by atoms with Gasteiger partial charge in [0.05, 0.1) is 16.3 Å². The fourth-order valence-corrected chi connectivity index (χ4v) is 1.25. The average molecular weight is 227 g/mol. The number of thiol groups is 1. The van der Waals surface area contributed by atoms with Crippen LogP contribution in [0.4, 0.5) is 0 Å². The van der Waals surface area contributed by atoms with Crippen molar-refractivity contribution in [1.82, 2.24) is 0 Å². The second-order valence-electron chi connectivity index (χ2n) is 2.46. The molecule has 72 valence electrons. The van der Waals surface area contributed by atoms with Gasteiger partial charge in [0.15, 0.2) is 0 Å². The molecule has 0 spiro atoms. The van der Waals surface area contributed by atoms with E-state index in [-0.39, 0.29) is 10.6 Å². The molecule has 0 aliphatic rings. The van der Waals surface area contributed by atoms with Crippen molar-refractivity contribution in [3.63, 3.8) is 0 Å². The van der Waals surface area contributed by atoms with Gasteiger partial charge in [-0.25, -0.2) is 4.79 Å². The van der Waals surface area contributed by atoms with Gasteiger partial charge in [-0.2, -0.15) is 12.6 Å². The monoisotopic (exact) mass is 226 g/mol. The summed E-state index contributed by atoms with van der Waals surface area (Å²) in [6.45, 7) is 0. The van der Waals surface area contributed by atoms with E-state index in [4.69, 9.17) is 16.7 Å². The standard InChI is InChI=1S/C10H7ClO2S/c11-9-6-7(2-1-5-14)3-4-8(9)10(12)13/h3-4,6,14H,5H2,(H,12,13). The molecule has 0 amide bonds. The Morgan fingerprint density at radius 2 is 2.29 bits per heavy atom. The van der Waals surface area contributed by atoms with Crippen molar-refractivity contribution in [1.29, 1.82) is 0 Å². The predicted octanol–water partition coefficient (Wildman–Crippen LogP) is 2.32. The van der Waals surface area contributed by atoms with Crippen LogP contribution in [0.2, 0.25) is 5.02 Å². The maximum Gasteiger partial charge on any atom is 0.337 e. The Morgan fingerprint density at radius 1 is 1.57 bits per heavy atom. The Morgan fingerprint density at radius 3 is 2.79 bits per heavy atom. The zero-order valence-corrected chi connectivity index (χ0v) is 8.77. The van der Waals surface area contributed by atoms with Crippen LogP contribution in [0, 0.1) is 11.8 Å². The lowest BCUT2D eigenvalue weighted by Crippen LogP contribution is -1.97. The van der Waals surface area contributed by atoms with Crippen molar-refractivity contribution < 1.29 is 9.90 Å². The SMILES string of the molecule is O=C(O)c1ccc(C#CCS)cc1Cl. The maximum absolute atomic E-state index is 10.6. The summed E-state index contributed by atoms with van der Waals surface area (Å²) in [6, 6.07) is 4.58. The van der Waals surface area contributed by atoms with E-state index in [0.717, 1.165) is 0 Å². The summed E-state index contributed by atoms with van der Waals surface area (Å²) in [5.41, 5.74) is 0.775. The van der Waals surface area contributed by atoms with Gasteiger partial charge in [0, 0.05) is 5.56 Å². The van der Waals surface area contributed by atoms with E-state index in [2.05, 4.69) is 24.5 Å². The molecule has 14 heavy (non-hydrogen) atoms. The third-order valence-electron chi connectivity index (χ3n) is 1.51. The van der Waals surface area contributed by atoms with Crippen LogP contribution < -0.4 is 0 Å². The second kappa shape index (κ2) is 4.94. The topological polar surface area (TPSA) is 37.3 Å². The second-order valence-corrected chi connectivity index (χ2v) is 3.18. The summed E-state index contributed by atoms with van der Waals surface area (Å²) in [4.78, 5) is 10.6. The van der Waals surface area contributed by atoms with Crippen LogP contribution in [0.25, 0.3) is 0 Å². The van der Waals surface area contributed by atoms with E-state index in [1.54, 1.807) is 6.07 Å². The summed E-state index contributed by atoms with van der Waals surface area (Å²) in [6.07, 6.45) is 0. The third-order valence-corrected chi connectivity index (χ3v) is 1.98. The van der Waals surface area contributed by atoms with E-state index in [1.165, 1.54) is 12.1 Å². The first kappa shape index (κ1) is 11.0. The lowest BCUT2D eigenvalue weighted by Gasteiger charge is -1.98. The van der Waals surface area contributed by atoms with Crippen molar-refractivity contribution in [2.45, 2.75) is 0 Å².